The second-order valence-corrected chi connectivity index (χ2v) is 2.38. The van der Waals surface area contributed by atoms with E-state index in [1.165, 1.54) is 0 Å². The molecule has 0 spiro atoms. The van der Waals surface area contributed by atoms with Gasteiger partial charge in [-0.3, -0.25) is 0 Å². The fraction of sp³-hybridized carbons (Fsp3) is 0.100. The molecule has 0 aliphatic carbocycles. The Morgan fingerprint density at radius 1 is 1.36 bits per heavy atom. The summed E-state index contributed by atoms with van der Waals surface area (Å²) < 4.78 is 0. The summed E-state index contributed by atoms with van der Waals surface area (Å²) in [6.45, 7) is 3.61. The lowest BCUT2D eigenvalue weighted by atomic mass is 10.1. The number of hydrogen-bond donors (Lipinski definition) is 0. The average Bonchev–Trinajstić information content (AvgIpc) is 2.06. The number of nitriles is 1. The Morgan fingerprint density at radius 3 is 2.55 bits per heavy atom. The van der Waals surface area contributed by atoms with E-state index in [4.69, 9.17) is 5.26 Å². The molecular formula is C10H9N. The van der Waals surface area contributed by atoms with Crippen molar-refractivity contribution in [2.24, 2.45) is 0 Å². The molecule has 0 saturated heterocycles. The van der Waals surface area contributed by atoms with Crippen LogP contribution in [-0.2, 0) is 6.42 Å². The van der Waals surface area contributed by atoms with Crippen molar-refractivity contribution < 1.29 is 0 Å². The van der Waals surface area contributed by atoms with Crippen LogP contribution < -0.4 is 0 Å². The van der Waals surface area contributed by atoms with Gasteiger partial charge in [0.25, 0.3) is 0 Å². The Balaban J connectivity index is 2.67. The van der Waals surface area contributed by atoms with Gasteiger partial charge < -0.3 is 0 Å². The van der Waals surface area contributed by atoms with Gasteiger partial charge in [-0.25, -0.2) is 0 Å². The van der Waals surface area contributed by atoms with Gasteiger partial charge in [-0.05, 0) is 5.56 Å². The van der Waals surface area contributed by atoms with Gasteiger partial charge in [0.05, 0.1) is 6.07 Å². The van der Waals surface area contributed by atoms with Crippen LogP contribution in [0.3, 0.4) is 0 Å². The van der Waals surface area contributed by atoms with E-state index in [-0.39, 0.29) is 0 Å². The monoisotopic (exact) mass is 143 g/mol. The minimum absolute atomic E-state index is 0.608. The number of nitrogens with zero attached hydrogens (tertiary/aromatic N) is 1. The molecular weight excluding hydrogens is 134 g/mol. The first kappa shape index (κ1) is 7.56. The summed E-state index contributed by atoms with van der Waals surface area (Å²) in [6, 6.07) is 11.9. The van der Waals surface area contributed by atoms with E-state index in [0.717, 1.165) is 5.56 Å². The first-order valence-corrected chi connectivity index (χ1v) is 3.44. The van der Waals surface area contributed by atoms with Gasteiger partial charge >= 0.3 is 0 Å². The van der Waals surface area contributed by atoms with Crippen LogP contribution in [0.2, 0.25) is 0 Å². The van der Waals surface area contributed by atoms with Crippen molar-refractivity contribution in [2.75, 3.05) is 0 Å². The standard InChI is InChI=1S/C10H9N/c1-9(8-11)7-10-5-3-2-4-6-10/h2-6H,1,7H2. The number of allylic oxidation sites excluding steroid dienone is 1. The van der Waals surface area contributed by atoms with Crippen LogP contribution in [0.15, 0.2) is 42.5 Å². The molecule has 0 aliphatic heterocycles. The number of rotatable bonds is 2. The van der Waals surface area contributed by atoms with Crippen LogP contribution in [0.4, 0.5) is 0 Å². The molecule has 54 valence electrons. The first-order valence-electron chi connectivity index (χ1n) is 3.44. The summed E-state index contributed by atoms with van der Waals surface area (Å²) in [5, 5.41) is 8.45. The van der Waals surface area contributed by atoms with Gasteiger partial charge in [-0.2, -0.15) is 5.26 Å². The van der Waals surface area contributed by atoms with Crippen molar-refractivity contribution in [2.45, 2.75) is 6.42 Å². The van der Waals surface area contributed by atoms with E-state index in [1.807, 2.05) is 36.4 Å². The second kappa shape index (κ2) is 3.58. The summed E-state index contributed by atoms with van der Waals surface area (Å²) in [6.07, 6.45) is 0.664. The summed E-state index contributed by atoms with van der Waals surface area (Å²) in [5.74, 6) is 0. The Bertz CT molecular complexity index is 279. The molecule has 0 aromatic heterocycles. The lowest BCUT2D eigenvalue weighted by molar-refractivity contribution is 1.21. The summed E-state index contributed by atoms with van der Waals surface area (Å²) in [7, 11) is 0. The molecule has 0 radical (unpaired) electrons. The van der Waals surface area contributed by atoms with Crippen molar-refractivity contribution in [3.63, 3.8) is 0 Å². The topological polar surface area (TPSA) is 23.8 Å². The average molecular weight is 143 g/mol. The second-order valence-electron chi connectivity index (χ2n) is 2.38. The lowest BCUT2D eigenvalue weighted by Crippen LogP contribution is -1.84. The van der Waals surface area contributed by atoms with E-state index in [1.54, 1.807) is 0 Å². The maximum absolute atomic E-state index is 8.45. The zero-order valence-corrected chi connectivity index (χ0v) is 6.25. The number of hydrogen-bond acceptors (Lipinski definition) is 1. The van der Waals surface area contributed by atoms with E-state index in [0.29, 0.717) is 12.0 Å². The van der Waals surface area contributed by atoms with Gasteiger partial charge in [0, 0.05) is 12.0 Å². The van der Waals surface area contributed by atoms with Crippen molar-refractivity contribution >= 4 is 0 Å². The summed E-state index contributed by atoms with van der Waals surface area (Å²) in [5.41, 5.74) is 1.75. The van der Waals surface area contributed by atoms with Crippen LogP contribution in [0.5, 0.6) is 0 Å². The highest BCUT2D eigenvalue weighted by atomic mass is 14.2. The van der Waals surface area contributed by atoms with E-state index < -0.39 is 0 Å². The highest BCUT2D eigenvalue weighted by molar-refractivity contribution is 5.27. The van der Waals surface area contributed by atoms with Crippen molar-refractivity contribution in [3.05, 3.63) is 48.0 Å². The van der Waals surface area contributed by atoms with Crippen LogP contribution in [0.25, 0.3) is 0 Å². The Hall–Kier alpha value is -1.55. The minimum Gasteiger partial charge on any atom is -0.193 e. The van der Waals surface area contributed by atoms with Crippen molar-refractivity contribution in [1.82, 2.24) is 0 Å². The van der Waals surface area contributed by atoms with Gasteiger partial charge in [-0.15, -0.1) is 0 Å². The molecule has 1 heteroatoms. The summed E-state index contributed by atoms with van der Waals surface area (Å²) in [4.78, 5) is 0. The molecule has 1 nitrogen and oxygen atoms in total. The summed E-state index contributed by atoms with van der Waals surface area (Å²) >= 11 is 0. The Morgan fingerprint density at radius 2 is 2.00 bits per heavy atom. The highest BCUT2D eigenvalue weighted by Crippen LogP contribution is 2.04. The van der Waals surface area contributed by atoms with E-state index >= 15 is 0 Å². The largest absolute Gasteiger partial charge is 0.193 e. The molecule has 0 unspecified atom stereocenters. The van der Waals surface area contributed by atoms with Gasteiger partial charge in [0.15, 0.2) is 0 Å². The van der Waals surface area contributed by atoms with Gasteiger partial charge in [0.2, 0.25) is 0 Å². The molecule has 1 aromatic carbocycles. The predicted molar refractivity (Wildman–Crippen MR) is 44.9 cm³/mol. The molecule has 0 fully saturated rings. The molecule has 1 aromatic rings. The maximum atomic E-state index is 8.45. The van der Waals surface area contributed by atoms with Crippen LogP contribution in [0, 0.1) is 11.3 Å². The minimum atomic E-state index is 0.608. The molecule has 0 aliphatic rings. The predicted octanol–water partition coefficient (Wildman–Crippen LogP) is 2.31. The van der Waals surface area contributed by atoms with Crippen LogP contribution in [-0.4, -0.2) is 0 Å². The fourth-order valence-corrected chi connectivity index (χ4v) is 0.882. The SMILES string of the molecule is C=C(C#N)Cc1ccccc1. The molecule has 0 heterocycles. The van der Waals surface area contributed by atoms with E-state index in [2.05, 4.69) is 6.58 Å². The normalized spacial score (nSPS) is 8.64. The van der Waals surface area contributed by atoms with Gasteiger partial charge in [0.1, 0.15) is 0 Å². The third kappa shape index (κ3) is 2.27. The first-order chi connectivity index (χ1) is 5.33. The zero-order valence-electron chi connectivity index (χ0n) is 6.25. The third-order valence-corrected chi connectivity index (χ3v) is 1.42. The maximum Gasteiger partial charge on any atom is 0.0944 e. The molecule has 1 rings (SSSR count). The molecule has 11 heavy (non-hydrogen) atoms. The highest BCUT2D eigenvalue weighted by Gasteiger charge is 1.92. The molecule has 0 N–H and O–H groups in total. The zero-order chi connectivity index (χ0) is 8.10. The number of benzene rings is 1. The molecule has 0 atom stereocenters. The van der Waals surface area contributed by atoms with Crippen LogP contribution in [0.1, 0.15) is 5.56 Å². The van der Waals surface area contributed by atoms with Gasteiger partial charge in [-0.1, -0.05) is 36.9 Å². The quantitative estimate of drug-likeness (QED) is 0.583. The smallest absolute Gasteiger partial charge is 0.0944 e. The third-order valence-electron chi connectivity index (χ3n) is 1.42. The Kier molecular flexibility index (Phi) is 2.46. The Labute approximate surface area is 66.6 Å². The van der Waals surface area contributed by atoms with Crippen molar-refractivity contribution in [1.29, 1.82) is 5.26 Å². The van der Waals surface area contributed by atoms with E-state index in [9.17, 15) is 0 Å². The fourth-order valence-electron chi connectivity index (χ4n) is 0.882. The van der Waals surface area contributed by atoms with Crippen LogP contribution >= 0.6 is 0 Å². The lowest BCUT2D eigenvalue weighted by Gasteiger charge is -1.95. The molecule has 0 saturated carbocycles. The van der Waals surface area contributed by atoms with Crippen molar-refractivity contribution in [3.8, 4) is 6.07 Å². The molecule has 0 bridgehead atoms. The molecule has 0 amide bonds.